The van der Waals surface area contributed by atoms with Gasteiger partial charge in [-0.05, 0) is 30.3 Å². The number of aromatic nitrogens is 4. The second-order valence-corrected chi connectivity index (χ2v) is 6.95. The number of nitrogens with two attached hydrogens (primary N) is 1. The van der Waals surface area contributed by atoms with Gasteiger partial charge in [0.05, 0.1) is 37.4 Å². The molecule has 10 heteroatoms. The number of primary amides is 1. The molecule has 156 valence electrons. The molecular formula is C20H20FN5O4. The predicted octanol–water partition coefficient (Wildman–Crippen LogP) is 2.00. The molecule has 1 aromatic carbocycles. The van der Waals surface area contributed by atoms with Crippen molar-refractivity contribution in [1.29, 1.82) is 0 Å². The van der Waals surface area contributed by atoms with Crippen molar-refractivity contribution in [2.75, 3.05) is 20.3 Å². The number of carbonyl (C=O) groups is 1. The fraction of sp³-hybridized carbons (Fsp3) is 0.300. The van der Waals surface area contributed by atoms with E-state index in [1.165, 1.54) is 25.4 Å². The highest BCUT2D eigenvalue weighted by atomic mass is 19.1. The summed E-state index contributed by atoms with van der Waals surface area (Å²) < 4.78 is 30.0. The van der Waals surface area contributed by atoms with E-state index in [4.69, 9.17) is 19.9 Å². The normalized spacial score (nSPS) is 21.4. The lowest BCUT2D eigenvalue weighted by Gasteiger charge is -2.35. The molecule has 9 nitrogen and oxygen atoms in total. The van der Waals surface area contributed by atoms with Gasteiger partial charge in [0.15, 0.2) is 5.82 Å². The van der Waals surface area contributed by atoms with Gasteiger partial charge >= 0.3 is 11.8 Å². The Balaban J connectivity index is 1.89. The fourth-order valence-electron chi connectivity index (χ4n) is 3.11. The summed E-state index contributed by atoms with van der Waals surface area (Å²) >= 11 is 0. The monoisotopic (exact) mass is 413 g/mol. The molecule has 1 aliphatic rings. The minimum atomic E-state index is -1.86. The molecule has 0 aliphatic carbocycles. The number of halogens is 1. The average Bonchev–Trinajstić information content (AvgIpc) is 3.21. The Hall–Kier alpha value is -3.37. The third-order valence-corrected chi connectivity index (χ3v) is 4.67. The first kappa shape index (κ1) is 19.9. The third-order valence-electron chi connectivity index (χ3n) is 4.67. The highest BCUT2D eigenvalue weighted by molar-refractivity contribution is 5.84. The first-order chi connectivity index (χ1) is 14.4. The van der Waals surface area contributed by atoms with Crippen LogP contribution in [0.1, 0.15) is 12.7 Å². The van der Waals surface area contributed by atoms with Gasteiger partial charge in [0.1, 0.15) is 5.82 Å². The number of nitrogens with one attached hydrogen (secondary N) is 1. The van der Waals surface area contributed by atoms with E-state index in [9.17, 15) is 9.18 Å². The van der Waals surface area contributed by atoms with Gasteiger partial charge < -0.3 is 24.9 Å². The number of amides is 1. The van der Waals surface area contributed by atoms with Crippen molar-refractivity contribution in [3.8, 4) is 28.7 Å². The number of benzene rings is 1. The van der Waals surface area contributed by atoms with E-state index in [1.807, 2.05) is 6.92 Å². The van der Waals surface area contributed by atoms with Crippen molar-refractivity contribution in [2.45, 2.75) is 12.7 Å². The summed E-state index contributed by atoms with van der Waals surface area (Å²) in [5, 5.41) is 0. The van der Waals surface area contributed by atoms with E-state index < -0.39 is 11.7 Å². The minimum Gasteiger partial charge on any atom is -0.467 e. The molecule has 1 fully saturated rings. The number of hydrogen-bond donors (Lipinski definition) is 2. The standard InChI is InChI=1S/C20H20FN5O4/c1-11-9-29-20(17(22)27,30-10-11)18-25-15(12-3-5-13(21)6-4-12)16(26-18)14-7-8-23-19(24-14)28-2/h3-8,11H,9-10H2,1-2H3,(H2,22,27)(H,25,26). The largest absolute Gasteiger partial charge is 0.467 e. The average molecular weight is 413 g/mol. The summed E-state index contributed by atoms with van der Waals surface area (Å²) in [5.74, 6) is -2.92. The van der Waals surface area contributed by atoms with Crippen LogP contribution in [0.5, 0.6) is 6.01 Å². The van der Waals surface area contributed by atoms with Crippen molar-refractivity contribution in [1.82, 2.24) is 19.9 Å². The van der Waals surface area contributed by atoms with Crippen LogP contribution in [0.25, 0.3) is 22.6 Å². The first-order valence-corrected chi connectivity index (χ1v) is 9.24. The van der Waals surface area contributed by atoms with Crippen molar-refractivity contribution >= 4 is 5.91 Å². The number of aromatic amines is 1. The second kappa shape index (κ2) is 7.81. The molecule has 1 saturated heterocycles. The van der Waals surface area contributed by atoms with Gasteiger partial charge in [-0.2, -0.15) is 4.98 Å². The molecule has 0 saturated carbocycles. The molecule has 30 heavy (non-hydrogen) atoms. The Morgan fingerprint density at radius 3 is 2.57 bits per heavy atom. The number of ether oxygens (including phenoxy) is 3. The molecule has 0 bridgehead atoms. The van der Waals surface area contributed by atoms with E-state index in [2.05, 4.69) is 19.9 Å². The van der Waals surface area contributed by atoms with Gasteiger partial charge in [-0.1, -0.05) is 6.92 Å². The van der Waals surface area contributed by atoms with Crippen LogP contribution in [0, 0.1) is 11.7 Å². The lowest BCUT2D eigenvalue weighted by atomic mass is 10.1. The number of H-pyrrole nitrogens is 1. The molecule has 0 spiro atoms. The Bertz CT molecular complexity index is 1060. The van der Waals surface area contributed by atoms with Gasteiger partial charge in [0, 0.05) is 17.7 Å². The lowest BCUT2D eigenvalue weighted by Crippen LogP contribution is -2.51. The smallest absolute Gasteiger partial charge is 0.316 e. The summed E-state index contributed by atoms with van der Waals surface area (Å²) in [7, 11) is 1.45. The molecule has 3 aromatic rings. The molecule has 4 rings (SSSR count). The van der Waals surface area contributed by atoms with E-state index in [-0.39, 0.29) is 36.8 Å². The van der Waals surface area contributed by atoms with E-state index in [0.29, 0.717) is 22.6 Å². The number of carbonyl (C=O) groups excluding carboxylic acids is 1. The van der Waals surface area contributed by atoms with Gasteiger partial charge in [-0.3, -0.25) is 4.79 Å². The van der Waals surface area contributed by atoms with Gasteiger partial charge in [-0.25, -0.2) is 14.4 Å². The Morgan fingerprint density at radius 1 is 1.23 bits per heavy atom. The summed E-state index contributed by atoms with van der Waals surface area (Å²) in [5.41, 5.74) is 7.54. The summed E-state index contributed by atoms with van der Waals surface area (Å²) in [6.07, 6.45) is 1.52. The SMILES string of the molecule is COc1nccc(-c2[nH]c(C3(C(N)=O)OCC(C)CO3)nc2-c2ccc(F)cc2)n1. The number of hydrogen-bond acceptors (Lipinski definition) is 7. The zero-order valence-corrected chi connectivity index (χ0v) is 16.4. The number of imidazole rings is 1. The van der Waals surface area contributed by atoms with E-state index in [0.717, 1.165) is 0 Å². The van der Waals surface area contributed by atoms with Crippen molar-refractivity contribution in [3.63, 3.8) is 0 Å². The summed E-state index contributed by atoms with van der Waals surface area (Å²) in [4.78, 5) is 28.3. The summed E-state index contributed by atoms with van der Waals surface area (Å²) in [6.45, 7) is 2.47. The number of nitrogens with zero attached hydrogens (tertiary/aromatic N) is 3. The zero-order chi connectivity index (χ0) is 21.3. The number of rotatable bonds is 5. The van der Waals surface area contributed by atoms with Crippen LogP contribution in [0.3, 0.4) is 0 Å². The van der Waals surface area contributed by atoms with Gasteiger partial charge in [0.25, 0.3) is 5.91 Å². The van der Waals surface area contributed by atoms with Crippen molar-refractivity contribution in [2.24, 2.45) is 11.7 Å². The quantitative estimate of drug-likeness (QED) is 0.655. The molecule has 0 radical (unpaired) electrons. The van der Waals surface area contributed by atoms with Gasteiger partial charge in [-0.15, -0.1) is 0 Å². The predicted molar refractivity (Wildman–Crippen MR) is 104 cm³/mol. The van der Waals surface area contributed by atoms with Crippen LogP contribution in [-0.2, 0) is 20.1 Å². The van der Waals surface area contributed by atoms with Crippen LogP contribution < -0.4 is 10.5 Å². The minimum absolute atomic E-state index is 0.0776. The van der Waals surface area contributed by atoms with Crippen LogP contribution in [-0.4, -0.2) is 46.2 Å². The lowest BCUT2D eigenvalue weighted by molar-refractivity contribution is -0.275. The fourth-order valence-corrected chi connectivity index (χ4v) is 3.11. The maximum absolute atomic E-state index is 13.5. The Kier molecular flexibility index (Phi) is 5.18. The van der Waals surface area contributed by atoms with E-state index in [1.54, 1.807) is 18.2 Å². The molecule has 3 N–H and O–H groups in total. The van der Waals surface area contributed by atoms with Crippen LogP contribution >= 0.6 is 0 Å². The van der Waals surface area contributed by atoms with Gasteiger partial charge in [0.2, 0.25) is 0 Å². The van der Waals surface area contributed by atoms with Crippen molar-refractivity contribution in [3.05, 3.63) is 48.2 Å². The second-order valence-electron chi connectivity index (χ2n) is 6.95. The highest BCUT2D eigenvalue weighted by Gasteiger charge is 2.48. The van der Waals surface area contributed by atoms with Crippen molar-refractivity contribution < 1.29 is 23.4 Å². The Labute approximate surface area is 171 Å². The maximum Gasteiger partial charge on any atom is 0.316 e. The van der Waals surface area contributed by atoms with Crippen LogP contribution in [0.2, 0.25) is 0 Å². The topological polar surface area (TPSA) is 125 Å². The molecule has 0 atom stereocenters. The first-order valence-electron chi connectivity index (χ1n) is 9.24. The molecule has 3 heterocycles. The zero-order valence-electron chi connectivity index (χ0n) is 16.4. The van der Waals surface area contributed by atoms with Crippen LogP contribution in [0.4, 0.5) is 4.39 Å². The highest BCUT2D eigenvalue weighted by Crippen LogP contribution is 2.36. The molecule has 1 aliphatic heterocycles. The summed E-state index contributed by atoms with van der Waals surface area (Å²) in [6, 6.07) is 7.56. The molecule has 2 aromatic heterocycles. The Morgan fingerprint density at radius 2 is 1.93 bits per heavy atom. The molecular weight excluding hydrogens is 393 g/mol. The van der Waals surface area contributed by atoms with Crippen LogP contribution in [0.15, 0.2) is 36.5 Å². The third kappa shape index (κ3) is 3.51. The number of methoxy groups -OCH3 is 1. The molecule has 1 amide bonds. The molecule has 0 unspecified atom stereocenters. The maximum atomic E-state index is 13.5. The van der Waals surface area contributed by atoms with E-state index >= 15 is 0 Å².